The molecular formula is C48H31N3O. The number of benzene rings is 8. The van der Waals surface area contributed by atoms with E-state index in [0.29, 0.717) is 17.5 Å². The van der Waals surface area contributed by atoms with Crippen LogP contribution in [0.2, 0.25) is 0 Å². The van der Waals surface area contributed by atoms with Gasteiger partial charge in [0.25, 0.3) is 0 Å². The van der Waals surface area contributed by atoms with E-state index in [9.17, 15) is 0 Å². The molecule has 0 aliphatic heterocycles. The van der Waals surface area contributed by atoms with E-state index in [1.807, 2.05) is 24.3 Å². The van der Waals surface area contributed by atoms with E-state index in [2.05, 4.69) is 141 Å². The Hall–Kier alpha value is -6.65. The Balaban J connectivity index is 1.22. The van der Waals surface area contributed by atoms with Crippen molar-refractivity contribution in [1.29, 1.82) is 0 Å². The van der Waals surface area contributed by atoms with Crippen LogP contribution in [0, 0.1) is 0 Å². The van der Waals surface area contributed by atoms with Gasteiger partial charge in [-0.05, 0) is 67.2 Å². The lowest BCUT2D eigenvalue weighted by Gasteiger charge is -2.22. The van der Waals surface area contributed by atoms with Crippen molar-refractivity contribution in [2.45, 2.75) is 19.3 Å². The van der Waals surface area contributed by atoms with Crippen molar-refractivity contribution in [3.05, 3.63) is 163 Å². The molecule has 0 radical (unpaired) electrons. The third kappa shape index (κ3) is 4.12. The molecule has 4 nitrogen and oxygen atoms in total. The van der Waals surface area contributed by atoms with Crippen LogP contribution in [0.1, 0.15) is 25.0 Å². The van der Waals surface area contributed by atoms with Crippen LogP contribution in [0.25, 0.3) is 99.5 Å². The number of nitrogens with zero attached hydrogens (tertiary/aromatic N) is 3. The molecule has 4 heteroatoms. The second-order valence-electron chi connectivity index (χ2n) is 14.4. The molecule has 0 bridgehead atoms. The summed E-state index contributed by atoms with van der Waals surface area (Å²) >= 11 is 0. The molecule has 0 saturated heterocycles. The summed E-state index contributed by atoms with van der Waals surface area (Å²) in [7, 11) is 0. The second-order valence-corrected chi connectivity index (χ2v) is 14.4. The first-order chi connectivity index (χ1) is 25.5. The largest absolute Gasteiger partial charge is 0.455 e. The lowest BCUT2D eigenvalue weighted by molar-refractivity contribution is 0.653. The van der Waals surface area contributed by atoms with Gasteiger partial charge in [0, 0.05) is 38.4 Å². The molecule has 0 saturated carbocycles. The fourth-order valence-corrected chi connectivity index (χ4v) is 8.53. The van der Waals surface area contributed by atoms with Crippen molar-refractivity contribution in [3.8, 4) is 45.3 Å². The lowest BCUT2D eigenvalue weighted by atomic mass is 9.81. The van der Waals surface area contributed by atoms with Gasteiger partial charge in [-0.15, -0.1) is 0 Å². The number of aromatic nitrogens is 3. The van der Waals surface area contributed by atoms with Gasteiger partial charge in [-0.1, -0.05) is 147 Å². The van der Waals surface area contributed by atoms with Crippen molar-refractivity contribution in [2.24, 2.45) is 0 Å². The second kappa shape index (κ2) is 10.7. The Morgan fingerprint density at radius 2 is 1.08 bits per heavy atom. The van der Waals surface area contributed by atoms with E-state index in [1.165, 1.54) is 49.0 Å². The standard InChI is InChI=1S/C48H31N3O/c1-48(2)38-18-10-8-16-34(38)43-39(48)27-37(42-35-17-9-11-19-40(35)52-44(42)43)47-50-45(31-13-4-3-5-14-31)49-46(51-47)32-25-22-29-21-24-30-23-20-28-12-6-7-15-33(28)41(30)36(29)26-32/h3-27H,1-2H3. The molecule has 0 N–H and O–H groups in total. The van der Waals surface area contributed by atoms with Crippen LogP contribution >= 0.6 is 0 Å². The first kappa shape index (κ1) is 29.1. The molecule has 1 aliphatic carbocycles. The minimum absolute atomic E-state index is 0.242. The molecule has 2 aromatic heterocycles. The van der Waals surface area contributed by atoms with Gasteiger partial charge in [0.15, 0.2) is 17.5 Å². The van der Waals surface area contributed by atoms with E-state index in [0.717, 1.165) is 44.2 Å². The fraction of sp³-hybridized carbons (Fsp3) is 0.0625. The molecule has 0 fully saturated rings. The molecule has 10 aromatic rings. The molecule has 0 atom stereocenters. The number of fused-ring (bicyclic) bond motifs is 12. The number of hydrogen-bond acceptors (Lipinski definition) is 4. The van der Waals surface area contributed by atoms with Crippen LogP contribution in [0.15, 0.2) is 156 Å². The zero-order chi connectivity index (χ0) is 34.6. The van der Waals surface area contributed by atoms with Crippen LogP contribution in [-0.4, -0.2) is 15.0 Å². The van der Waals surface area contributed by atoms with Crippen LogP contribution < -0.4 is 0 Å². The Bertz CT molecular complexity index is 3100. The summed E-state index contributed by atoms with van der Waals surface area (Å²) in [6.45, 7) is 4.60. The van der Waals surface area contributed by atoms with Crippen LogP contribution in [0.5, 0.6) is 0 Å². The minimum atomic E-state index is -0.242. The minimum Gasteiger partial charge on any atom is -0.455 e. The molecule has 8 aromatic carbocycles. The van der Waals surface area contributed by atoms with Gasteiger partial charge in [-0.2, -0.15) is 0 Å². The molecule has 2 heterocycles. The van der Waals surface area contributed by atoms with Gasteiger partial charge in [-0.25, -0.2) is 15.0 Å². The van der Waals surface area contributed by atoms with E-state index in [1.54, 1.807) is 0 Å². The van der Waals surface area contributed by atoms with Gasteiger partial charge in [0.2, 0.25) is 0 Å². The van der Waals surface area contributed by atoms with E-state index < -0.39 is 0 Å². The van der Waals surface area contributed by atoms with E-state index >= 15 is 0 Å². The highest BCUT2D eigenvalue weighted by Gasteiger charge is 2.39. The molecular weight excluding hydrogens is 635 g/mol. The first-order valence-corrected chi connectivity index (χ1v) is 17.8. The fourth-order valence-electron chi connectivity index (χ4n) is 8.53. The molecule has 0 amide bonds. The monoisotopic (exact) mass is 665 g/mol. The molecule has 52 heavy (non-hydrogen) atoms. The Morgan fingerprint density at radius 1 is 0.442 bits per heavy atom. The maximum atomic E-state index is 6.79. The highest BCUT2D eigenvalue weighted by molar-refractivity contribution is 6.21. The van der Waals surface area contributed by atoms with Gasteiger partial charge in [0.1, 0.15) is 11.2 Å². The lowest BCUT2D eigenvalue weighted by Crippen LogP contribution is -2.15. The molecule has 0 spiro atoms. The summed E-state index contributed by atoms with van der Waals surface area (Å²) in [5.74, 6) is 1.89. The van der Waals surface area contributed by atoms with Crippen molar-refractivity contribution in [1.82, 2.24) is 15.0 Å². The summed E-state index contributed by atoms with van der Waals surface area (Å²) in [4.78, 5) is 15.8. The summed E-state index contributed by atoms with van der Waals surface area (Å²) in [5.41, 5.74) is 9.18. The Morgan fingerprint density at radius 3 is 1.92 bits per heavy atom. The highest BCUT2D eigenvalue weighted by Crippen LogP contribution is 2.54. The number of furan rings is 1. The Labute approximate surface area is 300 Å². The smallest absolute Gasteiger partial charge is 0.164 e. The Kier molecular flexibility index (Phi) is 5.98. The predicted molar refractivity (Wildman–Crippen MR) is 213 cm³/mol. The zero-order valence-corrected chi connectivity index (χ0v) is 28.7. The number of hydrogen-bond donors (Lipinski definition) is 0. The van der Waals surface area contributed by atoms with Crippen LogP contribution in [0.3, 0.4) is 0 Å². The van der Waals surface area contributed by atoms with Crippen molar-refractivity contribution in [2.75, 3.05) is 0 Å². The topological polar surface area (TPSA) is 51.8 Å². The van der Waals surface area contributed by atoms with Crippen molar-refractivity contribution < 1.29 is 4.42 Å². The third-order valence-corrected chi connectivity index (χ3v) is 11.1. The highest BCUT2D eigenvalue weighted by atomic mass is 16.3. The average Bonchev–Trinajstić information content (AvgIpc) is 3.69. The van der Waals surface area contributed by atoms with Gasteiger partial charge in [-0.3, -0.25) is 0 Å². The summed E-state index contributed by atoms with van der Waals surface area (Å²) in [6.07, 6.45) is 0. The maximum Gasteiger partial charge on any atom is 0.164 e. The van der Waals surface area contributed by atoms with Gasteiger partial charge in [0.05, 0.1) is 0 Å². The maximum absolute atomic E-state index is 6.79. The van der Waals surface area contributed by atoms with Crippen molar-refractivity contribution in [3.63, 3.8) is 0 Å². The normalized spacial score (nSPS) is 13.3. The van der Waals surface area contributed by atoms with Crippen LogP contribution in [0.4, 0.5) is 0 Å². The third-order valence-electron chi connectivity index (χ3n) is 11.1. The molecule has 1 aliphatic rings. The van der Waals surface area contributed by atoms with E-state index in [4.69, 9.17) is 19.4 Å². The number of para-hydroxylation sites is 1. The zero-order valence-electron chi connectivity index (χ0n) is 28.7. The summed E-state index contributed by atoms with van der Waals surface area (Å²) in [5, 5.41) is 9.33. The summed E-state index contributed by atoms with van der Waals surface area (Å²) < 4.78 is 6.79. The molecule has 0 unspecified atom stereocenters. The van der Waals surface area contributed by atoms with E-state index in [-0.39, 0.29) is 5.41 Å². The van der Waals surface area contributed by atoms with Gasteiger partial charge < -0.3 is 4.42 Å². The molecule has 244 valence electrons. The quantitative estimate of drug-likeness (QED) is 0.176. The SMILES string of the molecule is CC1(C)c2ccccc2-c2c1cc(-c1nc(-c3ccccc3)nc(-c3ccc4ccc5ccc6ccccc6c5c4c3)n1)c1c2oc2ccccc21. The molecule has 11 rings (SSSR count). The average molecular weight is 666 g/mol. The van der Waals surface area contributed by atoms with Crippen molar-refractivity contribution >= 4 is 54.3 Å². The first-order valence-electron chi connectivity index (χ1n) is 17.8. The number of rotatable bonds is 3. The van der Waals surface area contributed by atoms with Crippen LogP contribution in [-0.2, 0) is 5.41 Å². The van der Waals surface area contributed by atoms with Gasteiger partial charge >= 0.3 is 0 Å². The predicted octanol–water partition coefficient (Wildman–Crippen LogP) is 12.5. The summed E-state index contributed by atoms with van der Waals surface area (Å²) in [6, 6.07) is 53.5.